The van der Waals surface area contributed by atoms with E-state index in [1.807, 2.05) is 38.1 Å². The fourth-order valence-electron chi connectivity index (χ4n) is 5.65. The topological polar surface area (TPSA) is 137 Å². The SMILES string of the molecule is CC(C)(C)OC(=O)COc1c(C(=O)OC(C)(C)C)sc(-c2cccc(NC3CCN(S(=O)(=O)Cc4cccc(N)c4)C(C)(C)C3)c2)c1Cl. The van der Waals surface area contributed by atoms with Crippen LogP contribution < -0.4 is 15.8 Å². The number of anilines is 2. The molecule has 0 spiro atoms. The highest BCUT2D eigenvalue weighted by Gasteiger charge is 2.41. The summed E-state index contributed by atoms with van der Waals surface area (Å²) in [6.45, 7) is 14.4. The van der Waals surface area contributed by atoms with Gasteiger partial charge in [-0.3, -0.25) is 0 Å². The van der Waals surface area contributed by atoms with E-state index >= 15 is 0 Å². The van der Waals surface area contributed by atoms with Gasteiger partial charge in [-0.15, -0.1) is 11.3 Å². The van der Waals surface area contributed by atoms with Gasteiger partial charge in [0.25, 0.3) is 0 Å². The van der Waals surface area contributed by atoms with Gasteiger partial charge in [0.15, 0.2) is 17.2 Å². The number of nitrogens with one attached hydrogen (secondary N) is 1. The average molecular weight is 720 g/mol. The third kappa shape index (κ3) is 9.87. The van der Waals surface area contributed by atoms with E-state index in [4.69, 9.17) is 31.5 Å². The van der Waals surface area contributed by atoms with Crippen LogP contribution in [0, 0.1) is 0 Å². The third-order valence-corrected chi connectivity index (χ3v) is 11.1. The van der Waals surface area contributed by atoms with Crippen LogP contribution in [0.1, 0.15) is 83.5 Å². The Morgan fingerprint density at radius 2 is 1.71 bits per heavy atom. The normalized spacial score (nSPS) is 17.1. The van der Waals surface area contributed by atoms with Gasteiger partial charge in [0.2, 0.25) is 10.0 Å². The third-order valence-electron chi connectivity index (χ3n) is 7.38. The van der Waals surface area contributed by atoms with Gasteiger partial charge in [-0.1, -0.05) is 35.9 Å². The molecule has 48 heavy (non-hydrogen) atoms. The van der Waals surface area contributed by atoms with E-state index in [0.717, 1.165) is 22.6 Å². The fourth-order valence-corrected chi connectivity index (χ4v) is 9.06. The number of halogens is 1. The summed E-state index contributed by atoms with van der Waals surface area (Å²) < 4.78 is 45.3. The quantitative estimate of drug-likeness (QED) is 0.161. The van der Waals surface area contributed by atoms with Gasteiger partial charge in [-0.2, -0.15) is 4.31 Å². The van der Waals surface area contributed by atoms with Crippen LogP contribution in [0.4, 0.5) is 11.4 Å². The number of carbonyl (C=O) groups excluding carboxylic acids is 2. The van der Waals surface area contributed by atoms with Gasteiger partial charge in [-0.25, -0.2) is 18.0 Å². The number of sulfonamides is 1. The van der Waals surface area contributed by atoms with Gasteiger partial charge < -0.3 is 25.3 Å². The summed E-state index contributed by atoms with van der Waals surface area (Å²) in [5.41, 5.74) is 6.50. The molecule has 0 radical (unpaired) electrons. The second-order valence-electron chi connectivity index (χ2n) is 14.6. The Bertz CT molecular complexity index is 1760. The van der Waals surface area contributed by atoms with Crippen LogP contribution in [0.15, 0.2) is 48.5 Å². The van der Waals surface area contributed by atoms with Crippen LogP contribution in [-0.2, 0) is 30.0 Å². The highest BCUT2D eigenvalue weighted by atomic mass is 35.5. The first-order valence-electron chi connectivity index (χ1n) is 15.8. The Labute approximate surface area is 292 Å². The van der Waals surface area contributed by atoms with Crippen molar-refractivity contribution in [3.63, 3.8) is 0 Å². The first-order valence-corrected chi connectivity index (χ1v) is 18.6. The first kappa shape index (κ1) is 37.5. The molecule has 2 aromatic carbocycles. The van der Waals surface area contributed by atoms with Crippen LogP contribution in [0.5, 0.6) is 5.75 Å². The maximum atomic E-state index is 13.5. The molecule has 1 aromatic heterocycles. The minimum atomic E-state index is -3.59. The summed E-state index contributed by atoms with van der Waals surface area (Å²) in [6, 6.07) is 14.5. The zero-order chi connectivity index (χ0) is 35.7. The lowest BCUT2D eigenvalue weighted by Crippen LogP contribution is -2.55. The zero-order valence-corrected chi connectivity index (χ0v) is 31.2. The summed E-state index contributed by atoms with van der Waals surface area (Å²) in [6.07, 6.45) is 1.19. The van der Waals surface area contributed by atoms with Crippen molar-refractivity contribution in [2.24, 2.45) is 0 Å². The summed E-state index contributed by atoms with van der Waals surface area (Å²) in [4.78, 5) is 26.4. The Hall–Kier alpha value is -3.32. The van der Waals surface area contributed by atoms with Gasteiger partial charge in [-0.05, 0) is 104 Å². The summed E-state index contributed by atoms with van der Waals surface area (Å²) in [5.74, 6) is -1.27. The molecule has 262 valence electrons. The number of hydrogen-bond donors (Lipinski definition) is 2. The van der Waals surface area contributed by atoms with E-state index in [1.54, 1.807) is 70.1 Å². The molecule has 1 atom stereocenters. The zero-order valence-electron chi connectivity index (χ0n) is 28.8. The van der Waals surface area contributed by atoms with Gasteiger partial charge in [0, 0.05) is 29.5 Å². The van der Waals surface area contributed by atoms with Crippen molar-refractivity contribution in [2.45, 2.75) is 96.8 Å². The monoisotopic (exact) mass is 719 g/mol. The highest BCUT2D eigenvalue weighted by Crippen LogP contribution is 2.46. The largest absolute Gasteiger partial charge is 0.479 e. The lowest BCUT2D eigenvalue weighted by atomic mass is 9.89. The average Bonchev–Trinajstić information content (AvgIpc) is 3.25. The maximum Gasteiger partial charge on any atom is 0.352 e. The second-order valence-corrected chi connectivity index (χ2v) is 17.9. The Morgan fingerprint density at radius 1 is 1.04 bits per heavy atom. The number of nitrogen functional groups attached to an aromatic ring is 1. The molecule has 3 aromatic rings. The van der Waals surface area contributed by atoms with Crippen molar-refractivity contribution < 1.29 is 32.2 Å². The van der Waals surface area contributed by atoms with Crippen molar-refractivity contribution in [1.29, 1.82) is 0 Å². The van der Waals surface area contributed by atoms with Crippen molar-refractivity contribution in [1.82, 2.24) is 4.31 Å². The summed E-state index contributed by atoms with van der Waals surface area (Å²) >= 11 is 7.96. The molecule has 1 aliphatic heterocycles. The number of carbonyl (C=O) groups is 2. The van der Waals surface area contributed by atoms with Crippen molar-refractivity contribution >= 4 is 56.3 Å². The Morgan fingerprint density at radius 3 is 2.33 bits per heavy atom. The maximum absolute atomic E-state index is 13.5. The lowest BCUT2D eigenvalue weighted by Gasteiger charge is -2.45. The molecule has 1 aliphatic rings. The number of thiophene rings is 1. The van der Waals surface area contributed by atoms with Crippen molar-refractivity contribution in [3.8, 4) is 16.2 Å². The molecule has 13 heteroatoms. The van der Waals surface area contributed by atoms with Crippen molar-refractivity contribution in [2.75, 3.05) is 24.2 Å². The van der Waals surface area contributed by atoms with E-state index in [9.17, 15) is 18.0 Å². The number of ether oxygens (including phenoxy) is 3. The van der Waals surface area contributed by atoms with Gasteiger partial charge in [0.1, 0.15) is 16.2 Å². The molecule has 0 bridgehead atoms. The number of benzene rings is 2. The van der Waals surface area contributed by atoms with Crippen molar-refractivity contribution in [3.05, 3.63) is 64.0 Å². The van der Waals surface area contributed by atoms with E-state index in [1.165, 1.54) is 0 Å². The predicted molar refractivity (Wildman–Crippen MR) is 192 cm³/mol. The predicted octanol–water partition coefficient (Wildman–Crippen LogP) is 7.51. The molecule has 3 N–H and O–H groups in total. The number of esters is 2. The molecular formula is C35H46ClN3O7S2. The molecular weight excluding hydrogens is 674 g/mol. The summed E-state index contributed by atoms with van der Waals surface area (Å²) in [7, 11) is -3.59. The molecule has 10 nitrogen and oxygen atoms in total. The standard InChI is InChI=1S/C35H46ClN3O7S2/c1-33(2,3)45-27(40)20-44-29-28(36)30(47-31(29)32(41)46-34(4,5)6)23-12-10-14-25(18-23)38-26-15-16-39(35(7,8)19-26)48(42,43)21-22-11-9-13-24(37)17-22/h9-14,17-18,26,38H,15-16,19-21,37H2,1-8H3. The molecule has 4 rings (SSSR count). The lowest BCUT2D eigenvalue weighted by molar-refractivity contribution is -0.157. The van der Waals surface area contributed by atoms with Gasteiger partial charge in [0.05, 0.1) is 10.6 Å². The molecule has 1 saturated heterocycles. The van der Waals surface area contributed by atoms with Crippen LogP contribution in [0.3, 0.4) is 0 Å². The van der Waals surface area contributed by atoms with E-state index in [0.29, 0.717) is 35.5 Å². The minimum Gasteiger partial charge on any atom is -0.479 e. The highest BCUT2D eigenvalue weighted by molar-refractivity contribution is 7.88. The van der Waals surface area contributed by atoms with Crippen LogP contribution >= 0.6 is 22.9 Å². The molecule has 0 saturated carbocycles. The van der Waals surface area contributed by atoms with Crippen LogP contribution in [0.25, 0.3) is 10.4 Å². The molecule has 0 aliphatic carbocycles. The molecule has 1 unspecified atom stereocenters. The number of rotatable bonds is 10. The smallest absolute Gasteiger partial charge is 0.352 e. The Kier molecular flexibility index (Phi) is 11.1. The minimum absolute atomic E-state index is 0.00192. The van der Waals surface area contributed by atoms with E-state index in [-0.39, 0.29) is 27.4 Å². The first-order chi connectivity index (χ1) is 22.1. The van der Waals surface area contributed by atoms with E-state index < -0.39 is 45.3 Å². The number of piperidine rings is 1. The number of nitrogens with zero attached hydrogens (tertiary/aromatic N) is 1. The summed E-state index contributed by atoms with van der Waals surface area (Å²) in [5, 5.41) is 3.75. The Balaban J connectivity index is 1.53. The molecule has 2 heterocycles. The van der Waals surface area contributed by atoms with Crippen LogP contribution in [0.2, 0.25) is 5.02 Å². The number of nitrogens with two attached hydrogens (primary N) is 1. The molecule has 1 fully saturated rings. The second kappa shape index (κ2) is 14.3. The van der Waals surface area contributed by atoms with Crippen LogP contribution in [-0.4, -0.2) is 60.6 Å². The number of hydrogen-bond acceptors (Lipinski definition) is 10. The fraction of sp³-hybridized carbons (Fsp3) is 0.486. The van der Waals surface area contributed by atoms with Gasteiger partial charge >= 0.3 is 11.9 Å². The molecule has 0 amide bonds. The van der Waals surface area contributed by atoms with E-state index in [2.05, 4.69) is 5.32 Å².